The van der Waals surface area contributed by atoms with E-state index in [1.807, 2.05) is 0 Å². The number of nitrogens with one attached hydrogen (secondary N) is 2. The van der Waals surface area contributed by atoms with Crippen LogP contribution in [0.3, 0.4) is 0 Å². The van der Waals surface area contributed by atoms with Crippen LogP contribution in [0.1, 0.15) is 92.9 Å². The van der Waals surface area contributed by atoms with Crippen molar-refractivity contribution in [3.63, 3.8) is 0 Å². The Morgan fingerprint density at radius 1 is 1.02 bits per heavy atom. The van der Waals surface area contributed by atoms with Gasteiger partial charge in [0.25, 0.3) is 5.91 Å². The van der Waals surface area contributed by atoms with Gasteiger partial charge in [-0.25, -0.2) is 4.79 Å². The number of amides is 2. The number of hydrogen-bond donors (Lipinski definition) is 4. The average molecular weight is 584 g/mol. The molecule has 0 aromatic carbocycles. The number of aliphatic hydroxyl groups is 1. The van der Waals surface area contributed by atoms with E-state index in [4.69, 9.17) is 11.3 Å². The maximum Gasteiger partial charge on any atom is 0.326 e. The van der Waals surface area contributed by atoms with Crippen LogP contribution in [0.2, 0.25) is 0 Å². The largest absolute Gasteiger partial charge is 0.480 e. The highest BCUT2D eigenvalue weighted by molar-refractivity contribution is 5.96. The summed E-state index contributed by atoms with van der Waals surface area (Å²) in [7, 11) is 0. The van der Waals surface area contributed by atoms with Crippen molar-refractivity contribution in [2.45, 2.75) is 111 Å². The second kappa shape index (κ2) is 12.0. The molecule has 0 radical (unpaired) electrons. The van der Waals surface area contributed by atoms with E-state index in [1.54, 1.807) is 27.7 Å². The van der Waals surface area contributed by atoms with Crippen LogP contribution in [-0.4, -0.2) is 58.0 Å². The first kappa shape index (κ1) is 32.1. The lowest BCUT2D eigenvalue weighted by molar-refractivity contribution is -0.143. The summed E-state index contributed by atoms with van der Waals surface area (Å²) in [6.45, 7) is 11.3. The Bertz CT molecular complexity index is 1190. The zero-order chi connectivity index (χ0) is 31.0. The van der Waals surface area contributed by atoms with E-state index in [2.05, 4.69) is 41.6 Å². The van der Waals surface area contributed by atoms with E-state index in [0.717, 1.165) is 50.7 Å². The number of allylic oxidation sites excluding steroid dienone is 2. The van der Waals surface area contributed by atoms with Gasteiger partial charge in [0.05, 0.1) is 5.71 Å². The molecule has 232 valence electrons. The number of aliphatic carboxylic acids is 1. The first-order valence-electron chi connectivity index (χ1n) is 15.6. The molecule has 4 N–H and O–H groups in total. The van der Waals surface area contributed by atoms with Crippen LogP contribution in [-0.2, 0) is 19.2 Å². The van der Waals surface area contributed by atoms with Gasteiger partial charge in [0.15, 0.2) is 6.61 Å². The maximum absolute atomic E-state index is 12.8. The molecule has 9 heteroatoms. The minimum atomic E-state index is -1.12. The first-order chi connectivity index (χ1) is 19.7. The molecular weight excluding hydrogens is 534 g/mol. The highest BCUT2D eigenvalue weighted by Gasteiger charge is 2.63. The summed E-state index contributed by atoms with van der Waals surface area (Å²) in [5.41, 5.74) is 1.09. The van der Waals surface area contributed by atoms with Gasteiger partial charge in [-0.1, -0.05) is 58.2 Å². The summed E-state index contributed by atoms with van der Waals surface area (Å²) in [6, 6.07) is -1.93. The van der Waals surface area contributed by atoms with Gasteiger partial charge in [0.1, 0.15) is 17.7 Å². The van der Waals surface area contributed by atoms with Crippen molar-refractivity contribution in [1.29, 1.82) is 0 Å². The summed E-state index contributed by atoms with van der Waals surface area (Å²) in [5.74, 6) is 1.62. The smallest absolute Gasteiger partial charge is 0.326 e. The Morgan fingerprint density at radius 2 is 1.69 bits per heavy atom. The maximum atomic E-state index is 12.8. The Morgan fingerprint density at radius 3 is 2.31 bits per heavy atom. The summed E-state index contributed by atoms with van der Waals surface area (Å²) in [5, 5.41) is 30.1. The molecule has 0 aromatic rings. The van der Waals surface area contributed by atoms with Gasteiger partial charge in [0, 0.05) is 5.41 Å². The minimum Gasteiger partial charge on any atom is -0.480 e. The molecule has 0 bridgehead atoms. The molecule has 4 rings (SSSR count). The van der Waals surface area contributed by atoms with E-state index in [1.165, 1.54) is 5.57 Å². The second-order valence-corrected chi connectivity index (χ2v) is 14.2. The summed E-state index contributed by atoms with van der Waals surface area (Å²) >= 11 is 0. The average Bonchev–Trinajstić information content (AvgIpc) is 3.20. The zero-order valence-electron chi connectivity index (χ0n) is 26.0. The van der Waals surface area contributed by atoms with Crippen LogP contribution in [0.4, 0.5) is 0 Å². The predicted molar refractivity (Wildman–Crippen MR) is 160 cm³/mol. The number of oxime groups is 1. The first-order valence-corrected chi connectivity index (χ1v) is 15.6. The van der Waals surface area contributed by atoms with Crippen molar-refractivity contribution in [3.05, 3.63) is 11.6 Å². The van der Waals surface area contributed by atoms with Gasteiger partial charge in [-0.3, -0.25) is 9.59 Å². The topological polar surface area (TPSA) is 137 Å². The van der Waals surface area contributed by atoms with Gasteiger partial charge in [0.2, 0.25) is 5.91 Å². The van der Waals surface area contributed by atoms with Crippen molar-refractivity contribution in [2.24, 2.45) is 45.6 Å². The standard InChI is InChI=1S/C33H49N3O6/c1-8-33(41)16-13-25-23-10-9-21-17-22(11-14-31(21,6)24(23)12-15-32(25,33)7)36-42-18-26(37)34-27(19(2)3)29(38)35-28(20(4)5)30(39)40/h1,17,19-20,23-25,27-28,41H,9-16,18H2,2-7H3,(H,34,37)(H,35,38)(H,39,40)/t23-,24-,25-,27+,28-,31+,32+,33-/m1/s1. The van der Waals surface area contributed by atoms with Gasteiger partial charge >= 0.3 is 5.97 Å². The molecule has 0 aromatic heterocycles. The number of nitrogens with zero attached hydrogens (tertiary/aromatic N) is 1. The van der Waals surface area contributed by atoms with E-state index in [9.17, 15) is 24.6 Å². The fourth-order valence-corrected chi connectivity index (χ4v) is 8.58. The van der Waals surface area contributed by atoms with Crippen molar-refractivity contribution < 1.29 is 29.4 Å². The zero-order valence-corrected chi connectivity index (χ0v) is 26.0. The molecule has 0 unspecified atom stereocenters. The van der Waals surface area contributed by atoms with Gasteiger partial charge in [-0.15, -0.1) is 6.42 Å². The number of rotatable bonds is 9. The molecule has 4 aliphatic rings. The predicted octanol–water partition coefficient (Wildman–Crippen LogP) is 4.05. The number of terminal acetylenes is 1. The molecule has 42 heavy (non-hydrogen) atoms. The van der Waals surface area contributed by atoms with E-state index in [-0.39, 0.29) is 29.3 Å². The number of carbonyl (C=O) groups is 3. The molecule has 9 nitrogen and oxygen atoms in total. The fourth-order valence-electron chi connectivity index (χ4n) is 8.58. The second-order valence-electron chi connectivity index (χ2n) is 14.2. The SMILES string of the molecule is C#C[C@@]1(O)CC[C@@H]2[C@@H]3CCC4=CC(=NOCC(=O)N[C@H](C(=O)N[C@@H](C(=O)O)C(C)C)C(C)C)CC[C@]4(C)[C@@H]3CC[C@@]21C. The third kappa shape index (κ3) is 5.71. The van der Waals surface area contributed by atoms with Crippen molar-refractivity contribution in [1.82, 2.24) is 10.6 Å². The van der Waals surface area contributed by atoms with Crippen LogP contribution in [0, 0.1) is 52.8 Å². The monoisotopic (exact) mass is 583 g/mol. The molecular formula is C33H49N3O6. The Hall–Kier alpha value is -2.86. The summed E-state index contributed by atoms with van der Waals surface area (Å²) in [4.78, 5) is 42.3. The quantitative estimate of drug-likeness (QED) is 0.239. The van der Waals surface area contributed by atoms with Gasteiger partial charge in [-0.2, -0.15) is 0 Å². The van der Waals surface area contributed by atoms with Gasteiger partial charge in [-0.05, 0) is 92.4 Å². The number of carbonyl (C=O) groups excluding carboxylic acids is 2. The highest BCUT2D eigenvalue weighted by atomic mass is 16.6. The number of hydrogen-bond acceptors (Lipinski definition) is 6. The van der Waals surface area contributed by atoms with E-state index >= 15 is 0 Å². The highest BCUT2D eigenvalue weighted by Crippen LogP contribution is 2.67. The molecule has 0 saturated heterocycles. The number of carboxylic acid groups (broad SMARTS) is 1. The lowest BCUT2D eigenvalue weighted by Gasteiger charge is -2.58. The third-order valence-corrected chi connectivity index (χ3v) is 11.2. The summed E-state index contributed by atoms with van der Waals surface area (Å²) in [6.07, 6.45) is 15.5. The van der Waals surface area contributed by atoms with Crippen LogP contribution in [0.25, 0.3) is 0 Å². The Balaban J connectivity index is 1.36. The third-order valence-electron chi connectivity index (χ3n) is 11.2. The lowest BCUT2D eigenvalue weighted by Crippen LogP contribution is -2.55. The normalized spacial score (nSPS) is 36.1. The molecule has 0 aliphatic heterocycles. The van der Waals surface area contributed by atoms with Crippen LogP contribution in [0.15, 0.2) is 16.8 Å². The number of fused-ring (bicyclic) bond motifs is 5. The van der Waals surface area contributed by atoms with Crippen LogP contribution >= 0.6 is 0 Å². The van der Waals surface area contributed by atoms with Gasteiger partial charge < -0.3 is 25.7 Å². The number of carboxylic acids is 1. The molecule has 3 saturated carbocycles. The minimum absolute atomic E-state index is 0.0825. The van der Waals surface area contributed by atoms with Crippen LogP contribution < -0.4 is 10.6 Å². The molecule has 0 heterocycles. The van der Waals surface area contributed by atoms with Crippen molar-refractivity contribution in [3.8, 4) is 12.3 Å². The molecule has 0 spiro atoms. The molecule has 8 atom stereocenters. The Kier molecular flexibility index (Phi) is 9.18. The van der Waals surface area contributed by atoms with Crippen LogP contribution in [0.5, 0.6) is 0 Å². The molecule has 2 amide bonds. The lowest BCUT2D eigenvalue weighted by atomic mass is 9.46. The fraction of sp³-hybridized carbons (Fsp3) is 0.758. The Labute approximate surface area is 250 Å². The van der Waals surface area contributed by atoms with Crippen molar-refractivity contribution >= 4 is 23.5 Å². The van der Waals surface area contributed by atoms with E-state index < -0.39 is 35.5 Å². The molecule has 3 fully saturated rings. The van der Waals surface area contributed by atoms with E-state index in [0.29, 0.717) is 24.2 Å². The van der Waals surface area contributed by atoms with Crippen molar-refractivity contribution in [2.75, 3.05) is 6.61 Å². The summed E-state index contributed by atoms with van der Waals surface area (Å²) < 4.78 is 0. The molecule has 4 aliphatic carbocycles.